The first-order valence-electron chi connectivity index (χ1n) is 19.8. The molecule has 11 nitrogen and oxygen atoms in total. The van der Waals surface area contributed by atoms with E-state index in [0.717, 1.165) is 38.0 Å². The third kappa shape index (κ3) is 13.2. The van der Waals surface area contributed by atoms with E-state index in [-0.39, 0.29) is 42.2 Å². The van der Waals surface area contributed by atoms with Crippen LogP contribution in [0.3, 0.4) is 0 Å². The number of rotatable bonds is 10. The van der Waals surface area contributed by atoms with Crippen molar-refractivity contribution in [3.8, 4) is 0 Å². The third-order valence-corrected chi connectivity index (χ3v) is 11.2. The van der Waals surface area contributed by atoms with E-state index in [0.29, 0.717) is 70.6 Å². The zero-order valence-corrected chi connectivity index (χ0v) is 32.2. The lowest BCUT2D eigenvalue weighted by atomic mass is 9.61. The lowest BCUT2D eigenvalue weighted by Gasteiger charge is -2.56. The molecule has 6 aliphatic rings. The van der Waals surface area contributed by atoms with Gasteiger partial charge in [-0.2, -0.15) is 0 Å². The molecule has 6 fully saturated rings. The van der Waals surface area contributed by atoms with E-state index in [2.05, 4.69) is 20.1 Å². The van der Waals surface area contributed by atoms with E-state index in [9.17, 15) is 20.1 Å². The Morgan fingerprint density at radius 3 is 2.18 bits per heavy atom. The maximum atomic E-state index is 12.6. The van der Waals surface area contributed by atoms with Crippen LogP contribution in [0.5, 0.6) is 0 Å². The first-order valence-corrected chi connectivity index (χ1v) is 19.8. The summed E-state index contributed by atoms with van der Waals surface area (Å²) in [4.78, 5) is 12.6. The largest absolute Gasteiger partial charge is 0.393 e. The van der Waals surface area contributed by atoms with Crippen LogP contribution in [0.1, 0.15) is 118 Å². The molecule has 1 saturated carbocycles. The fourth-order valence-electron chi connectivity index (χ4n) is 8.12. The first-order chi connectivity index (χ1) is 24.3. The highest BCUT2D eigenvalue weighted by molar-refractivity contribution is 5.79. The van der Waals surface area contributed by atoms with Crippen molar-refractivity contribution in [2.75, 3.05) is 26.4 Å². The van der Waals surface area contributed by atoms with Gasteiger partial charge in [0.25, 0.3) is 0 Å². The zero-order chi connectivity index (χ0) is 37.7. The number of nitrogens with two attached hydrogens (primary N) is 1. The molecule has 0 spiro atoms. The molecule has 6 rings (SSSR count). The Kier molecular flexibility index (Phi) is 18.7. The van der Waals surface area contributed by atoms with Crippen molar-refractivity contribution in [2.45, 2.75) is 185 Å². The van der Waals surface area contributed by atoms with Crippen LogP contribution in [0.25, 0.3) is 0 Å². The van der Waals surface area contributed by atoms with Crippen molar-refractivity contribution in [3.05, 3.63) is 24.3 Å². The summed E-state index contributed by atoms with van der Waals surface area (Å²) in [6.45, 7) is 20.1. The van der Waals surface area contributed by atoms with E-state index < -0.39 is 35.9 Å². The molecule has 0 aromatic heterocycles. The molecule has 0 amide bonds. The van der Waals surface area contributed by atoms with Crippen molar-refractivity contribution in [3.63, 3.8) is 0 Å². The van der Waals surface area contributed by atoms with Crippen LogP contribution in [0, 0.1) is 11.8 Å². The molecule has 0 bridgehead atoms. The first kappa shape index (κ1) is 44.1. The van der Waals surface area contributed by atoms with Crippen LogP contribution in [0.15, 0.2) is 24.3 Å². The average molecular weight is 726 g/mol. The van der Waals surface area contributed by atoms with Gasteiger partial charge in [-0.3, -0.25) is 4.79 Å². The van der Waals surface area contributed by atoms with Crippen LogP contribution < -0.4 is 5.73 Å². The highest BCUT2D eigenvalue weighted by Crippen LogP contribution is 2.49. The van der Waals surface area contributed by atoms with Gasteiger partial charge in [0.2, 0.25) is 0 Å². The zero-order valence-electron chi connectivity index (χ0n) is 32.2. The number of carbonyl (C=O) groups is 1. The predicted octanol–water partition coefficient (Wildman–Crippen LogP) is 4.55. The van der Waals surface area contributed by atoms with Crippen LogP contribution in [0.4, 0.5) is 0 Å². The quantitative estimate of drug-likeness (QED) is 0.200. The maximum absolute atomic E-state index is 12.6. The molecule has 13 atom stereocenters. The third-order valence-electron chi connectivity index (χ3n) is 11.2. The second kappa shape index (κ2) is 21.6. The lowest BCUT2D eigenvalue weighted by molar-refractivity contribution is -0.281. The smallest absolute Gasteiger partial charge is 0.135 e. The lowest BCUT2D eigenvalue weighted by Crippen LogP contribution is -2.66. The molecular formula is C40H71NO10. The van der Waals surface area contributed by atoms with E-state index in [1.807, 2.05) is 20.8 Å². The Hall–Kier alpha value is -1.25. The minimum Gasteiger partial charge on any atom is -0.393 e. The Balaban J connectivity index is 0.000000366. The number of Topliss-reactive ketones (excluding diaryl/α,β-unsaturated/α-hetero) is 1. The molecule has 296 valence electrons. The number of ether oxygens (including phenoxy) is 5. The number of hydrogen-bond acceptors (Lipinski definition) is 11. The molecule has 5 saturated heterocycles. The van der Waals surface area contributed by atoms with Crippen LogP contribution in [0.2, 0.25) is 0 Å². The summed E-state index contributed by atoms with van der Waals surface area (Å²) in [5.74, 6) is 0.0462. The molecular weight excluding hydrogens is 654 g/mol. The molecule has 5 heterocycles. The Morgan fingerprint density at radius 2 is 1.63 bits per heavy atom. The second-order valence-electron chi connectivity index (χ2n) is 15.4. The van der Waals surface area contributed by atoms with Gasteiger partial charge in [-0.25, -0.2) is 0 Å². The van der Waals surface area contributed by atoms with Gasteiger partial charge >= 0.3 is 0 Å². The van der Waals surface area contributed by atoms with E-state index in [4.69, 9.17) is 34.5 Å². The molecule has 5 aliphatic heterocycles. The van der Waals surface area contributed by atoms with Gasteiger partial charge in [0.05, 0.1) is 73.8 Å². The summed E-state index contributed by atoms with van der Waals surface area (Å²) in [5, 5.41) is 41.0. The van der Waals surface area contributed by atoms with Gasteiger partial charge in [-0.15, -0.1) is 0 Å². The fourth-order valence-corrected chi connectivity index (χ4v) is 8.12. The van der Waals surface area contributed by atoms with Crippen molar-refractivity contribution in [2.24, 2.45) is 17.6 Å². The number of hydrogen-bond donors (Lipinski definition) is 5. The number of aliphatic hydroxyl groups excluding tert-OH is 3. The van der Waals surface area contributed by atoms with Gasteiger partial charge < -0.3 is 49.8 Å². The Morgan fingerprint density at radius 1 is 0.941 bits per heavy atom. The molecule has 6 N–H and O–H groups in total. The fraction of sp³-hybridized carbons (Fsp3) is 0.875. The van der Waals surface area contributed by atoms with Gasteiger partial charge in [-0.1, -0.05) is 39.5 Å². The summed E-state index contributed by atoms with van der Waals surface area (Å²) >= 11 is 0. The van der Waals surface area contributed by atoms with Gasteiger partial charge in [0.15, 0.2) is 0 Å². The van der Waals surface area contributed by atoms with Crippen molar-refractivity contribution < 1.29 is 48.9 Å². The van der Waals surface area contributed by atoms with Crippen LogP contribution in [-0.2, 0) is 28.5 Å². The highest BCUT2D eigenvalue weighted by atomic mass is 16.6. The monoisotopic (exact) mass is 726 g/mol. The van der Waals surface area contributed by atoms with E-state index in [1.165, 1.54) is 18.4 Å². The summed E-state index contributed by atoms with van der Waals surface area (Å²) < 4.78 is 29.2. The minimum absolute atomic E-state index is 0.0722. The summed E-state index contributed by atoms with van der Waals surface area (Å²) in [5.41, 5.74) is 6.23. The topological polar surface area (TPSA) is 170 Å². The second-order valence-corrected chi connectivity index (χ2v) is 15.4. The van der Waals surface area contributed by atoms with E-state index in [1.54, 1.807) is 6.92 Å². The van der Waals surface area contributed by atoms with Crippen LogP contribution >= 0.6 is 0 Å². The Bertz CT molecular complexity index is 1060. The number of ketones is 1. The van der Waals surface area contributed by atoms with Crippen LogP contribution in [-0.4, -0.2) is 119 Å². The molecule has 0 aromatic carbocycles. The standard InChI is InChI=1S/C27H42O8.C8H14O.C3H9NO.C2H6/c1-15-9-19(33-14-15)5-7-27(31)13-22(30)25(27)24-12-21(29)26-23(35-24)4-3-20(34-26)11-18(28)10-17-6-8-32-16(17)2;1-3-8-5-4-7(2)6-9-8;1-3(5)2-4;1-2/h16-17,19-26,29-31H,1,3-14H2,2H3;8H,2-6H2,1H3;3,5H,2,4H2,1H3;1-2H3/t16-,17?,19?,20?,21?,22?,23?,24+,25?,26+,27?;8-;;/m00../s1. The predicted molar refractivity (Wildman–Crippen MR) is 197 cm³/mol. The van der Waals surface area contributed by atoms with Gasteiger partial charge in [0.1, 0.15) is 11.9 Å². The van der Waals surface area contributed by atoms with Gasteiger partial charge in [0, 0.05) is 44.8 Å². The number of aliphatic hydroxyl groups is 4. The minimum atomic E-state index is -1.02. The molecule has 1 aliphatic carbocycles. The molecule has 9 unspecified atom stereocenters. The molecule has 11 heteroatoms. The molecule has 51 heavy (non-hydrogen) atoms. The summed E-state index contributed by atoms with van der Waals surface area (Å²) in [7, 11) is 0. The number of fused-ring (bicyclic) bond motifs is 1. The number of carbonyl (C=O) groups excluding carboxylic acids is 1. The maximum Gasteiger partial charge on any atom is 0.135 e. The SMILES string of the molecule is C=C1CC[C@H](CC)OC1.C=C1COC(CCC2(O)CC(O)C2[C@H]2CC(O)[C@H]3OC(CC(=O)CC4CCO[C@H]4C)CCC3O2)C1.CC.CC(O)CN. The Labute approximate surface area is 307 Å². The van der Waals surface area contributed by atoms with Crippen molar-refractivity contribution >= 4 is 5.78 Å². The van der Waals surface area contributed by atoms with Crippen molar-refractivity contribution in [1.29, 1.82) is 0 Å². The molecule has 0 radical (unpaired) electrons. The van der Waals surface area contributed by atoms with Crippen molar-refractivity contribution in [1.82, 2.24) is 0 Å². The summed E-state index contributed by atoms with van der Waals surface area (Å²) in [6, 6.07) is 0. The average Bonchev–Trinajstić information content (AvgIpc) is 3.72. The van der Waals surface area contributed by atoms with E-state index >= 15 is 0 Å². The normalized spacial score (nSPS) is 39.5. The van der Waals surface area contributed by atoms with Gasteiger partial charge in [-0.05, 0) is 83.1 Å². The highest BCUT2D eigenvalue weighted by Gasteiger charge is 2.58. The molecule has 0 aromatic rings. The summed E-state index contributed by atoms with van der Waals surface area (Å²) in [6.07, 6.45) is 6.95.